The summed E-state index contributed by atoms with van der Waals surface area (Å²) < 4.78 is 5.93. The third-order valence-electron chi connectivity index (χ3n) is 12.4. The number of aliphatic hydroxyl groups is 2. The third-order valence-corrected chi connectivity index (χ3v) is 12.4. The van der Waals surface area contributed by atoms with Gasteiger partial charge < -0.3 is 20.3 Å². The largest absolute Gasteiger partial charge is 0.462 e. The van der Waals surface area contributed by atoms with E-state index < -0.39 is 18.2 Å². The van der Waals surface area contributed by atoms with Gasteiger partial charge in [-0.3, -0.25) is 9.59 Å². The van der Waals surface area contributed by atoms with Crippen molar-refractivity contribution in [1.82, 2.24) is 5.32 Å². The van der Waals surface area contributed by atoms with Crippen LogP contribution in [0.1, 0.15) is 297 Å². The minimum absolute atomic E-state index is 0.0874. The molecule has 0 spiro atoms. The van der Waals surface area contributed by atoms with Crippen LogP contribution in [-0.4, -0.2) is 46.9 Å². The van der Waals surface area contributed by atoms with Gasteiger partial charge in [0.2, 0.25) is 5.91 Å². The van der Waals surface area contributed by atoms with Crippen molar-refractivity contribution in [1.29, 1.82) is 0 Å². The Labute approximate surface area is 362 Å². The lowest BCUT2D eigenvalue weighted by molar-refractivity contribution is -0.151. The number of carbonyl (C=O) groups is 2. The van der Waals surface area contributed by atoms with Crippen LogP contribution in [0.15, 0.2) is 0 Å². The van der Waals surface area contributed by atoms with Crippen molar-refractivity contribution < 1.29 is 24.5 Å². The van der Waals surface area contributed by atoms with Gasteiger partial charge in [0.1, 0.15) is 6.10 Å². The van der Waals surface area contributed by atoms with E-state index in [-0.39, 0.29) is 24.9 Å². The van der Waals surface area contributed by atoms with Crippen LogP contribution < -0.4 is 5.32 Å². The van der Waals surface area contributed by atoms with E-state index in [9.17, 15) is 19.8 Å². The van der Waals surface area contributed by atoms with Crippen LogP contribution >= 0.6 is 0 Å². The van der Waals surface area contributed by atoms with Gasteiger partial charge in [-0.2, -0.15) is 0 Å². The number of rotatable bonds is 48. The Morgan fingerprint density at radius 2 is 0.724 bits per heavy atom. The molecule has 346 valence electrons. The zero-order chi connectivity index (χ0) is 42.4. The molecule has 0 fully saturated rings. The van der Waals surface area contributed by atoms with Gasteiger partial charge in [0.25, 0.3) is 0 Å². The van der Waals surface area contributed by atoms with Gasteiger partial charge in [-0.15, -0.1) is 0 Å². The smallest absolute Gasteiger partial charge is 0.306 e. The van der Waals surface area contributed by atoms with E-state index in [0.29, 0.717) is 19.3 Å². The summed E-state index contributed by atoms with van der Waals surface area (Å²) in [6.45, 7) is 6.51. The van der Waals surface area contributed by atoms with Crippen molar-refractivity contribution >= 4 is 11.9 Å². The van der Waals surface area contributed by atoms with Crippen molar-refractivity contribution in [2.24, 2.45) is 0 Å². The third kappa shape index (κ3) is 41.6. The zero-order valence-electron chi connectivity index (χ0n) is 39.5. The molecular weight excluding hydrogens is 719 g/mol. The maximum Gasteiger partial charge on any atom is 0.306 e. The van der Waals surface area contributed by atoms with E-state index in [2.05, 4.69) is 26.1 Å². The van der Waals surface area contributed by atoms with Crippen LogP contribution in [-0.2, 0) is 14.3 Å². The molecule has 1 amide bonds. The number of aliphatic hydroxyl groups excluding tert-OH is 2. The van der Waals surface area contributed by atoms with Crippen LogP contribution in [0.4, 0.5) is 0 Å². The van der Waals surface area contributed by atoms with Crippen LogP contribution in [0.3, 0.4) is 0 Å². The number of esters is 1. The first-order chi connectivity index (χ1) is 28.5. The fourth-order valence-electron chi connectivity index (χ4n) is 8.43. The Hall–Kier alpha value is -1.14. The zero-order valence-corrected chi connectivity index (χ0v) is 39.5. The second-order valence-corrected chi connectivity index (χ2v) is 18.3. The molecule has 6 nitrogen and oxygen atoms in total. The molecule has 0 heterocycles. The maximum absolute atomic E-state index is 13.2. The van der Waals surface area contributed by atoms with Gasteiger partial charge in [0.15, 0.2) is 0 Å². The van der Waals surface area contributed by atoms with E-state index in [4.69, 9.17) is 4.74 Å². The number of ether oxygens (including phenoxy) is 1. The van der Waals surface area contributed by atoms with Crippen LogP contribution in [0.5, 0.6) is 0 Å². The van der Waals surface area contributed by atoms with Crippen molar-refractivity contribution in [3.05, 3.63) is 0 Å². The van der Waals surface area contributed by atoms with Gasteiger partial charge in [0, 0.05) is 6.42 Å². The average Bonchev–Trinajstić information content (AvgIpc) is 3.22. The first-order valence-corrected chi connectivity index (χ1v) is 26.3. The summed E-state index contributed by atoms with van der Waals surface area (Å²) in [5.74, 6) is -0.452. The Morgan fingerprint density at radius 3 is 1.05 bits per heavy atom. The summed E-state index contributed by atoms with van der Waals surface area (Å²) in [6, 6.07) is -0.691. The molecule has 0 bridgehead atoms. The summed E-state index contributed by atoms with van der Waals surface area (Å²) in [7, 11) is 0. The summed E-state index contributed by atoms with van der Waals surface area (Å²) in [4.78, 5) is 26.1. The molecule has 3 atom stereocenters. The predicted octanol–water partition coefficient (Wildman–Crippen LogP) is 15.6. The summed E-state index contributed by atoms with van der Waals surface area (Å²) in [5.41, 5.74) is 0. The highest BCUT2D eigenvalue weighted by molar-refractivity contribution is 5.77. The number of nitrogens with one attached hydrogen (secondary N) is 1. The van der Waals surface area contributed by atoms with Crippen molar-refractivity contribution in [3.63, 3.8) is 0 Å². The highest BCUT2D eigenvalue weighted by Crippen LogP contribution is 2.19. The molecule has 0 aromatic heterocycles. The van der Waals surface area contributed by atoms with E-state index in [0.717, 1.165) is 38.5 Å². The molecule has 0 aliphatic heterocycles. The fraction of sp³-hybridized carbons (Fsp3) is 0.962. The van der Waals surface area contributed by atoms with Crippen molar-refractivity contribution in [2.45, 2.75) is 315 Å². The SMILES string of the molecule is CCCCCCCCCCCCCCCCCC(=O)OC(CCCCCCCCCCCC)CC(=O)NC(CO)C(O)CCCCCCCCCCCCCCCC. The van der Waals surface area contributed by atoms with E-state index >= 15 is 0 Å². The minimum atomic E-state index is -0.778. The van der Waals surface area contributed by atoms with Crippen LogP contribution in [0, 0.1) is 0 Å². The molecule has 0 aromatic carbocycles. The number of hydrogen-bond donors (Lipinski definition) is 3. The number of unbranched alkanes of at least 4 members (excludes halogenated alkanes) is 36. The normalized spacial score (nSPS) is 13.1. The molecule has 0 aliphatic rings. The maximum atomic E-state index is 13.2. The molecule has 6 heteroatoms. The standard InChI is InChI=1S/C52H103NO5/c1-4-7-10-13-16-19-22-24-26-28-30-33-36-39-42-45-52(57)58-48(43-40-37-34-31-21-18-15-12-9-6-3)46-51(56)53-49(47-54)50(55)44-41-38-35-32-29-27-25-23-20-17-14-11-8-5-2/h48-50,54-55H,4-47H2,1-3H3,(H,53,56). The molecule has 3 unspecified atom stereocenters. The molecule has 3 N–H and O–H groups in total. The van der Waals surface area contributed by atoms with E-state index in [1.54, 1.807) is 0 Å². The van der Waals surface area contributed by atoms with E-state index in [1.165, 1.54) is 212 Å². The molecule has 58 heavy (non-hydrogen) atoms. The Bertz CT molecular complexity index is 837. The molecule has 0 saturated carbocycles. The first-order valence-electron chi connectivity index (χ1n) is 26.3. The van der Waals surface area contributed by atoms with Crippen LogP contribution in [0.25, 0.3) is 0 Å². The van der Waals surface area contributed by atoms with Crippen LogP contribution in [0.2, 0.25) is 0 Å². The summed E-state index contributed by atoms with van der Waals surface area (Å²) >= 11 is 0. The molecule has 0 radical (unpaired) electrons. The topological polar surface area (TPSA) is 95.9 Å². The van der Waals surface area contributed by atoms with Gasteiger partial charge >= 0.3 is 5.97 Å². The van der Waals surface area contributed by atoms with Crippen molar-refractivity contribution in [2.75, 3.05) is 6.61 Å². The molecule has 0 aliphatic carbocycles. The quantitative estimate of drug-likeness (QED) is 0.0420. The van der Waals surface area contributed by atoms with Gasteiger partial charge in [-0.05, 0) is 25.7 Å². The molecule has 0 aromatic rings. The summed E-state index contributed by atoms with van der Waals surface area (Å²) in [6.07, 6.45) is 50.2. The lowest BCUT2D eigenvalue weighted by atomic mass is 10.0. The first kappa shape index (κ1) is 56.9. The Balaban J connectivity index is 4.43. The fourth-order valence-corrected chi connectivity index (χ4v) is 8.43. The summed E-state index contributed by atoms with van der Waals surface area (Å²) in [5, 5.41) is 23.8. The van der Waals surface area contributed by atoms with E-state index in [1.807, 2.05) is 0 Å². The minimum Gasteiger partial charge on any atom is -0.462 e. The lowest BCUT2D eigenvalue weighted by Crippen LogP contribution is -2.46. The van der Waals surface area contributed by atoms with Gasteiger partial charge in [-0.25, -0.2) is 0 Å². The molecular formula is C52H103NO5. The monoisotopic (exact) mass is 822 g/mol. The van der Waals surface area contributed by atoms with Gasteiger partial charge in [0.05, 0.1) is 25.2 Å². The Morgan fingerprint density at radius 1 is 0.431 bits per heavy atom. The lowest BCUT2D eigenvalue weighted by Gasteiger charge is -2.24. The average molecular weight is 822 g/mol. The molecule has 0 rings (SSSR count). The number of hydrogen-bond acceptors (Lipinski definition) is 5. The second kappa shape index (κ2) is 46.9. The second-order valence-electron chi connectivity index (χ2n) is 18.3. The molecule has 0 saturated heterocycles. The van der Waals surface area contributed by atoms with Gasteiger partial charge in [-0.1, -0.05) is 258 Å². The highest BCUT2D eigenvalue weighted by atomic mass is 16.5. The Kier molecular flexibility index (Phi) is 46.0. The number of carbonyl (C=O) groups excluding carboxylic acids is 2. The highest BCUT2D eigenvalue weighted by Gasteiger charge is 2.24. The predicted molar refractivity (Wildman–Crippen MR) is 250 cm³/mol. The van der Waals surface area contributed by atoms with Crippen molar-refractivity contribution in [3.8, 4) is 0 Å². The number of amides is 1.